The highest BCUT2D eigenvalue weighted by atomic mass is 32.2. The number of nitrogens with one attached hydrogen (secondary N) is 1. The minimum absolute atomic E-state index is 0.0135. The van der Waals surface area contributed by atoms with E-state index in [9.17, 15) is 21.6 Å². The van der Waals surface area contributed by atoms with Crippen molar-refractivity contribution in [2.45, 2.75) is 33.3 Å². The van der Waals surface area contributed by atoms with Crippen molar-refractivity contribution >= 4 is 43.5 Å². The van der Waals surface area contributed by atoms with Crippen LogP contribution in [-0.2, 0) is 30.4 Å². The van der Waals surface area contributed by atoms with Crippen LogP contribution in [0.2, 0.25) is 0 Å². The van der Waals surface area contributed by atoms with Crippen LogP contribution in [-0.4, -0.2) is 56.6 Å². The Hall–Kier alpha value is -2.74. The molecule has 1 fully saturated rings. The smallest absolute Gasteiger partial charge is 0.322 e. The molecule has 1 aromatic heterocycles. The molecule has 4 rings (SSSR count). The minimum Gasteiger partial charge on any atom is -0.407 e. The number of piperidine rings is 1. The van der Waals surface area contributed by atoms with E-state index in [4.69, 9.17) is 4.42 Å². The number of anilines is 1. The second kappa shape index (κ2) is 10.5. The maximum Gasteiger partial charge on any atom is 0.322 e. The lowest BCUT2D eigenvalue weighted by Crippen LogP contribution is -2.41. The monoisotopic (exact) mass is 536 g/mol. The lowest BCUT2D eigenvalue weighted by molar-refractivity contribution is -0.121. The van der Waals surface area contributed by atoms with Crippen molar-refractivity contribution in [2.75, 3.05) is 24.7 Å². The van der Waals surface area contributed by atoms with Crippen LogP contribution in [0.3, 0.4) is 0 Å². The van der Waals surface area contributed by atoms with E-state index in [0.29, 0.717) is 24.5 Å². The topological polar surface area (TPSA) is 140 Å². The highest BCUT2D eigenvalue weighted by Crippen LogP contribution is 2.26. The number of benzene rings is 2. The summed E-state index contributed by atoms with van der Waals surface area (Å²) >= 11 is 1.54. The van der Waals surface area contributed by atoms with Crippen molar-refractivity contribution in [1.82, 2.24) is 14.5 Å². The lowest BCUT2D eigenvalue weighted by Gasteiger charge is -2.30. The third kappa shape index (κ3) is 6.28. The quantitative estimate of drug-likeness (QED) is 0.430. The van der Waals surface area contributed by atoms with Crippen LogP contribution < -0.4 is 5.32 Å². The number of aromatic nitrogens is 2. The first-order valence-electron chi connectivity index (χ1n) is 10.7. The number of carbonyl (C=O) groups is 1. The molecule has 0 radical (unpaired) electrons. The van der Waals surface area contributed by atoms with Gasteiger partial charge in [0.15, 0.2) is 9.84 Å². The average Bonchev–Trinajstić information content (AvgIpc) is 3.30. The van der Waals surface area contributed by atoms with Crippen molar-refractivity contribution in [3.8, 4) is 0 Å². The van der Waals surface area contributed by atoms with E-state index in [2.05, 4.69) is 15.5 Å². The summed E-state index contributed by atoms with van der Waals surface area (Å²) in [6, 6.07) is 14.9. The van der Waals surface area contributed by atoms with Gasteiger partial charge in [-0.15, -0.1) is 16.9 Å². The summed E-state index contributed by atoms with van der Waals surface area (Å²) < 4.78 is 55.9. The van der Waals surface area contributed by atoms with E-state index in [1.165, 1.54) is 40.3 Å². The second-order valence-corrected chi connectivity index (χ2v) is 13.0. The van der Waals surface area contributed by atoms with Gasteiger partial charge in [-0.05, 0) is 49.2 Å². The number of carbonyl (C=O) groups excluding carboxylic acids is 1. The fourth-order valence-corrected chi connectivity index (χ4v) is 6.45. The van der Waals surface area contributed by atoms with Crippen LogP contribution >= 0.6 is 11.8 Å². The van der Waals surface area contributed by atoms with Gasteiger partial charge in [0.25, 0.3) is 0 Å². The van der Waals surface area contributed by atoms with Gasteiger partial charge in [0, 0.05) is 30.2 Å². The molecule has 0 saturated carbocycles. The lowest BCUT2D eigenvalue weighted by atomic mass is 9.97. The Bertz CT molecular complexity index is 1380. The third-order valence-corrected chi connectivity index (χ3v) is 9.55. The summed E-state index contributed by atoms with van der Waals surface area (Å²) in [6.07, 6.45) is 1.72. The molecule has 2 aromatic carbocycles. The molecule has 3 aromatic rings. The number of rotatable bonds is 8. The number of thioether (sulfide) groups is 1. The van der Waals surface area contributed by atoms with E-state index >= 15 is 0 Å². The van der Waals surface area contributed by atoms with Crippen molar-refractivity contribution in [3.05, 3.63) is 60.5 Å². The van der Waals surface area contributed by atoms with Gasteiger partial charge >= 0.3 is 6.01 Å². The van der Waals surface area contributed by atoms with Gasteiger partial charge in [-0.25, -0.2) is 16.8 Å². The average molecular weight is 537 g/mol. The Kier molecular flexibility index (Phi) is 7.59. The molecule has 0 bridgehead atoms. The highest BCUT2D eigenvalue weighted by molar-refractivity contribution is 7.98. The van der Waals surface area contributed by atoms with E-state index in [1.54, 1.807) is 0 Å². The van der Waals surface area contributed by atoms with Crippen LogP contribution in [0.15, 0.2) is 73.7 Å². The molecule has 1 N–H and O–H groups in total. The number of sulfone groups is 1. The van der Waals surface area contributed by atoms with E-state index in [-0.39, 0.29) is 34.8 Å². The Morgan fingerprint density at radius 1 is 1.00 bits per heavy atom. The molecule has 10 nitrogen and oxygen atoms in total. The molecular formula is C22H24N4O6S3. The zero-order valence-electron chi connectivity index (χ0n) is 18.8. The summed E-state index contributed by atoms with van der Waals surface area (Å²) in [5.41, 5.74) is 0. The zero-order valence-corrected chi connectivity index (χ0v) is 21.3. The molecular weight excluding hydrogens is 512 g/mol. The largest absolute Gasteiger partial charge is 0.407 e. The number of amides is 1. The Morgan fingerprint density at radius 2 is 1.63 bits per heavy atom. The number of sulfonamides is 1. The van der Waals surface area contributed by atoms with Crippen LogP contribution in [0.25, 0.3) is 0 Å². The SMILES string of the molecule is CS(=O)(=O)c1ccc(S(=O)(=O)N2CCC(C(=O)Nc3nnc(CSc4ccccc4)o3)CC2)cc1. The number of hydrogen-bond acceptors (Lipinski definition) is 9. The Balaban J connectivity index is 1.30. The standard InChI is InChI=1S/C22H24N4O6S3/c1-34(28,29)18-7-9-19(10-8-18)35(30,31)26-13-11-16(12-14-26)21(27)23-22-25-24-20(32-22)15-33-17-5-3-2-4-6-17/h2-10,16H,11-15H2,1H3,(H,23,25,27). The first kappa shape index (κ1) is 25.4. The van der Waals surface area contributed by atoms with E-state index in [1.807, 2.05) is 30.3 Å². The predicted molar refractivity (Wildman–Crippen MR) is 130 cm³/mol. The van der Waals surface area contributed by atoms with Gasteiger partial charge in [-0.3, -0.25) is 10.1 Å². The van der Waals surface area contributed by atoms with Crippen molar-refractivity contribution in [1.29, 1.82) is 0 Å². The van der Waals surface area contributed by atoms with Crippen LogP contribution in [0, 0.1) is 5.92 Å². The van der Waals surface area contributed by atoms with Gasteiger partial charge in [0.1, 0.15) is 0 Å². The summed E-state index contributed by atoms with van der Waals surface area (Å²) in [4.78, 5) is 13.8. The molecule has 0 aliphatic carbocycles. The molecule has 13 heteroatoms. The van der Waals surface area contributed by atoms with Crippen LogP contribution in [0.5, 0.6) is 0 Å². The molecule has 1 saturated heterocycles. The molecule has 1 aliphatic heterocycles. The Morgan fingerprint density at radius 3 is 2.26 bits per heavy atom. The Labute approximate surface area is 208 Å². The van der Waals surface area contributed by atoms with Gasteiger partial charge in [-0.1, -0.05) is 23.3 Å². The van der Waals surface area contributed by atoms with Gasteiger partial charge in [0.2, 0.25) is 21.8 Å². The van der Waals surface area contributed by atoms with Crippen molar-refractivity contribution in [3.63, 3.8) is 0 Å². The number of hydrogen-bond donors (Lipinski definition) is 1. The molecule has 2 heterocycles. The number of nitrogens with zero attached hydrogens (tertiary/aromatic N) is 3. The highest BCUT2D eigenvalue weighted by Gasteiger charge is 2.32. The van der Waals surface area contributed by atoms with Gasteiger partial charge in [0.05, 0.1) is 15.5 Å². The van der Waals surface area contributed by atoms with Crippen molar-refractivity contribution < 1.29 is 26.0 Å². The maximum absolute atomic E-state index is 12.9. The normalized spacial score (nSPS) is 15.7. The van der Waals surface area contributed by atoms with Crippen molar-refractivity contribution in [2.24, 2.45) is 5.92 Å². The summed E-state index contributed by atoms with van der Waals surface area (Å²) in [7, 11) is -7.21. The van der Waals surface area contributed by atoms with Gasteiger partial charge in [-0.2, -0.15) is 4.31 Å². The van der Waals surface area contributed by atoms with E-state index < -0.39 is 25.8 Å². The predicted octanol–water partition coefficient (Wildman–Crippen LogP) is 2.80. The molecule has 35 heavy (non-hydrogen) atoms. The summed E-state index contributed by atoms with van der Waals surface area (Å²) in [6.45, 7) is 0.327. The molecule has 1 amide bonds. The van der Waals surface area contributed by atoms with Gasteiger partial charge < -0.3 is 4.42 Å². The van der Waals surface area contributed by atoms with Crippen LogP contribution in [0.1, 0.15) is 18.7 Å². The maximum atomic E-state index is 12.9. The molecule has 0 atom stereocenters. The molecule has 0 spiro atoms. The third-order valence-electron chi connectivity index (χ3n) is 5.52. The first-order valence-corrected chi connectivity index (χ1v) is 15.1. The fraction of sp³-hybridized carbons (Fsp3) is 0.318. The summed E-state index contributed by atoms with van der Waals surface area (Å²) in [5.74, 6) is 0.152. The molecule has 186 valence electrons. The molecule has 1 aliphatic rings. The summed E-state index contributed by atoms with van der Waals surface area (Å²) in [5, 5.41) is 10.4. The van der Waals surface area contributed by atoms with E-state index in [0.717, 1.165) is 11.2 Å². The fourth-order valence-electron chi connectivity index (χ4n) is 3.60. The first-order chi connectivity index (χ1) is 16.6. The zero-order chi connectivity index (χ0) is 25.1. The van der Waals surface area contributed by atoms with Crippen LogP contribution in [0.4, 0.5) is 6.01 Å². The minimum atomic E-state index is -3.79. The molecule has 0 unspecified atom stereocenters. The second-order valence-electron chi connectivity index (χ2n) is 8.01.